The lowest BCUT2D eigenvalue weighted by Crippen LogP contribution is -2.31. The van der Waals surface area contributed by atoms with Gasteiger partial charge in [-0.2, -0.15) is 0 Å². The van der Waals surface area contributed by atoms with Gasteiger partial charge in [0.25, 0.3) is 5.91 Å². The van der Waals surface area contributed by atoms with Crippen LogP contribution in [0.1, 0.15) is 31.9 Å². The summed E-state index contributed by atoms with van der Waals surface area (Å²) >= 11 is 12.0. The number of benzene rings is 2. The zero-order valence-corrected chi connectivity index (χ0v) is 15.5. The number of anilines is 1. The maximum Gasteiger partial charge on any atom is 0.265 e. The molecule has 1 atom stereocenters. The second-order valence-electron chi connectivity index (χ2n) is 5.48. The minimum absolute atomic E-state index is 0.211. The molecule has 2 aromatic rings. The molecule has 128 valence electrons. The SMILES string of the molecule is CCc1cccc(CC)c1NC(=O)[C@H](C)Oc1ccc(Cl)cc1Cl. The summed E-state index contributed by atoms with van der Waals surface area (Å²) < 4.78 is 5.68. The highest BCUT2D eigenvalue weighted by atomic mass is 35.5. The van der Waals surface area contributed by atoms with E-state index in [2.05, 4.69) is 19.2 Å². The number of rotatable bonds is 6. The molecule has 0 fully saturated rings. The average Bonchev–Trinajstić information content (AvgIpc) is 2.57. The molecule has 2 rings (SSSR count). The van der Waals surface area contributed by atoms with E-state index in [1.807, 2.05) is 18.2 Å². The van der Waals surface area contributed by atoms with Crippen LogP contribution in [0, 0.1) is 0 Å². The normalized spacial score (nSPS) is 11.9. The van der Waals surface area contributed by atoms with Crippen LogP contribution in [0.3, 0.4) is 0 Å². The van der Waals surface area contributed by atoms with Gasteiger partial charge in [-0.05, 0) is 49.1 Å². The third kappa shape index (κ3) is 4.43. The van der Waals surface area contributed by atoms with E-state index in [1.165, 1.54) is 0 Å². The van der Waals surface area contributed by atoms with Crippen molar-refractivity contribution in [2.45, 2.75) is 39.7 Å². The Balaban J connectivity index is 2.15. The van der Waals surface area contributed by atoms with Crippen molar-refractivity contribution in [3.63, 3.8) is 0 Å². The molecule has 0 saturated heterocycles. The molecule has 2 aromatic carbocycles. The maximum atomic E-state index is 12.5. The number of aryl methyl sites for hydroxylation is 2. The minimum atomic E-state index is -0.682. The van der Waals surface area contributed by atoms with E-state index in [0.717, 1.165) is 29.7 Å². The van der Waals surface area contributed by atoms with Crippen LogP contribution in [0.2, 0.25) is 10.0 Å². The van der Waals surface area contributed by atoms with Crippen molar-refractivity contribution in [2.75, 3.05) is 5.32 Å². The maximum absolute atomic E-state index is 12.5. The molecular weight excluding hydrogens is 345 g/mol. The lowest BCUT2D eigenvalue weighted by molar-refractivity contribution is -0.122. The Bertz CT molecular complexity index is 709. The van der Waals surface area contributed by atoms with Gasteiger partial charge in [-0.1, -0.05) is 55.2 Å². The first-order chi connectivity index (χ1) is 11.5. The van der Waals surface area contributed by atoms with Crippen LogP contribution in [0.25, 0.3) is 0 Å². The largest absolute Gasteiger partial charge is 0.479 e. The Morgan fingerprint density at radius 1 is 1.12 bits per heavy atom. The number of hydrogen-bond donors (Lipinski definition) is 1. The van der Waals surface area contributed by atoms with E-state index in [0.29, 0.717) is 15.8 Å². The van der Waals surface area contributed by atoms with Crippen molar-refractivity contribution in [3.05, 3.63) is 57.6 Å². The van der Waals surface area contributed by atoms with Gasteiger partial charge in [0.2, 0.25) is 0 Å². The molecule has 0 aliphatic rings. The van der Waals surface area contributed by atoms with Gasteiger partial charge in [0.15, 0.2) is 6.10 Å². The summed E-state index contributed by atoms with van der Waals surface area (Å²) in [6.45, 7) is 5.83. The number of carbonyl (C=O) groups excluding carboxylic acids is 1. The summed E-state index contributed by atoms with van der Waals surface area (Å²) in [5, 5.41) is 3.90. The van der Waals surface area contributed by atoms with Crippen molar-refractivity contribution in [1.82, 2.24) is 0 Å². The molecule has 0 bridgehead atoms. The van der Waals surface area contributed by atoms with Crippen LogP contribution in [-0.2, 0) is 17.6 Å². The van der Waals surface area contributed by atoms with Crippen molar-refractivity contribution < 1.29 is 9.53 Å². The number of amides is 1. The van der Waals surface area contributed by atoms with Crippen molar-refractivity contribution >= 4 is 34.8 Å². The van der Waals surface area contributed by atoms with Crippen LogP contribution < -0.4 is 10.1 Å². The van der Waals surface area contributed by atoms with Gasteiger partial charge >= 0.3 is 0 Å². The summed E-state index contributed by atoms with van der Waals surface area (Å²) in [5.74, 6) is 0.222. The standard InChI is InChI=1S/C19H21Cl2NO2/c1-4-13-7-6-8-14(5-2)18(13)22-19(23)12(3)24-17-10-9-15(20)11-16(17)21/h6-12H,4-5H2,1-3H3,(H,22,23)/t12-/m0/s1. The first-order valence-corrected chi connectivity index (χ1v) is 8.75. The molecule has 1 N–H and O–H groups in total. The van der Waals surface area contributed by atoms with Gasteiger partial charge in [-0.3, -0.25) is 4.79 Å². The highest BCUT2D eigenvalue weighted by molar-refractivity contribution is 6.35. The molecule has 1 amide bonds. The summed E-state index contributed by atoms with van der Waals surface area (Å²) in [6, 6.07) is 11.0. The van der Waals surface area contributed by atoms with Crippen LogP contribution >= 0.6 is 23.2 Å². The zero-order valence-electron chi connectivity index (χ0n) is 14.0. The van der Waals surface area contributed by atoms with Crippen LogP contribution in [0.15, 0.2) is 36.4 Å². The monoisotopic (exact) mass is 365 g/mol. The van der Waals surface area contributed by atoms with Crippen molar-refractivity contribution in [3.8, 4) is 5.75 Å². The van der Waals surface area contributed by atoms with Crippen molar-refractivity contribution in [2.24, 2.45) is 0 Å². The molecule has 0 aromatic heterocycles. The zero-order chi connectivity index (χ0) is 17.7. The number of hydrogen-bond acceptors (Lipinski definition) is 2. The smallest absolute Gasteiger partial charge is 0.265 e. The molecule has 0 heterocycles. The first-order valence-electron chi connectivity index (χ1n) is 7.99. The molecule has 0 spiro atoms. The van der Waals surface area contributed by atoms with Gasteiger partial charge in [-0.25, -0.2) is 0 Å². The molecular formula is C19H21Cl2NO2. The van der Waals surface area contributed by atoms with Crippen LogP contribution in [-0.4, -0.2) is 12.0 Å². The number of halogens is 2. The summed E-state index contributed by atoms with van der Waals surface area (Å²) in [6.07, 6.45) is 1.02. The number of nitrogens with one attached hydrogen (secondary N) is 1. The third-order valence-electron chi connectivity index (χ3n) is 3.81. The molecule has 0 unspecified atom stereocenters. The van der Waals surface area contributed by atoms with E-state index >= 15 is 0 Å². The van der Waals surface area contributed by atoms with Crippen LogP contribution in [0.4, 0.5) is 5.69 Å². The number of carbonyl (C=O) groups is 1. The Morgan fingerprint density at radius 3 is 2.29 bits per heavy atom. The second kappa shape index (κ2) is 8.41. The van der Waals surface area contributed by atoms with Gasteiger partial charge in [-0.15, -0.1) is 0 Å². The Labute approximate surface area is 152 Å². The lowest BCUT2D eigenvalue weighted by Gasteiger charge is -2.19. The fourth-order valence-corrected chi connectivity index (χ4v) is 2.90. The topological polar surface area (TPSA) is 38.3 Å². The molecule has 0 aliphatic carbocycles. The molecule has 24 heavy (non-hydrogen) atoms. The summed E-state index contributed by atoms with van der Waals surface area (Å²) in [5.41, 5.74) is 3.10. The van der Waals surface area contributed by atoms with Crippen LogP contribution in [0.5, 0.6) is 5.75 Å². The predicted molar refractivity (Wildman–Crippen MR) is 100 cm³/mol. The highest BCUT2D eigenvalue weighted by Gasteiger charge is 2.18. The van der Waals surface area contributed by atoms with Gasteiger partial charge < -0.3 is 10.1 Å². The van der Waals surface area contributed by atoms with Gasteiger partial charge in [0.1, 0.15) is 5.75 Å². The molecule has 0 saturated carbocycles. The van der Waals surface area contributed by atoms with E-state index in [4.69, 9.17) is 27.9 Å². The summed E-state index contributed by atoms with van der Waals surface area (Å²) in [4.78, 5) is 12.5. The molecule has 0 aliphatic heterocycles. The third-order valence-corrected chi connectivity index (χ3v) is 4.34. The molecule has 5 heteroatoms. The van der Waals surface area contributed by atoms with E-state index in [-0.39, 0.29) is 5.91 Å². The molecule has 0 radical (unpaired) electrons. The first kappa shape index (κ1) is 18.6. The van der Waals surface area contributed by atoms with Crippen molar-refractivity contribution in [1.29, 1.82) is 0 Å². The quantitative estimate of drug-likeness (QED) is 0.731. The fraction of sp³-hybridized carbons (Fsp3) is 0.316. The Kier molecular flexibility index (Phi) is 6.52. The van der Waals surface area contributed by atoms with E-state index in [9.17, 15) is 4.79 Å². The second-order valence-corrected chi connectivity index (χ2v) is 6.33. The minimum Gasteiger partial charge on any atom is -0.479 e. The van der Waals surface area contributed by atoms with Gasteiger partial charge in [0.05, 0.1) is 5.02 Å². The Morgan fingerprint density at radius 2 is 1.75 bits per heavy atom. The highest BCUT2D eigenvalue weighted by Crippen LogP contribution is 2.29. The fourth-order valence-electron chi connectivity index (χ4n) is 2.44. The van der Waals surface area contributed by atoms with E-state index in [1.54, 1.807) is 25.1 Å². The van der Waals surface area contributed by atoms with Gasteiger partial charge in [0, 0.05) is 10.7 Å². The van der Waals surface area contributed by atoms with E-state index < -0.39 is 6.10 Å². The predicted octanol–water partition coefficient (Wildman–Crippen LogP) is 5.52. The average molecular weight is 366 g/mol. The number of ether oxygens (including phenoxy) is 1. The molecule has 3 nitrogen and oxygen atoms in total. The lowest BCUT2D eigenvalue weighted by atomic mass is 10.0. The summed E-state index contributed by atoms with van der Waals surface area (Å²) in [7, 11) is 0. The number of para-hydroxylation sites is 1. The Hall–Kier alpha value is -1.71.